The molecule has 74 valence electrons. The highest BCUT2D eigenvalue weighted by Gasteiger charge is 2.18. The molecular formula is C9H6ClF2NS. The summed E-state index contributed by atoms with van der Waals surface area (Å²) in [5.41, 5.74) is 5.97. The lowest BCUT2D eigenvalue weighted by Gasteiger charge is -2.06. The molecule has 0 radical (unpaired) electrons. The van der Waals surface area contributed by atoms with E-state index in [1.807, 2.05) is 0 Å². The third-order valence-electron chi connectivity index (χ3n) is 1.98. The van der Waals surface area contributed by atoms with Crippen LogP contribution in [0.1, 0.15) is 12.0 Å². The van der Waals surface area contributed by atoms with Crippen molar-refractivity contribution < 1.29 is 8.78 Å². The number of nitrogen functional groups attached to an aromatic ring is 1. The van der Waals surface area contributed by atoms with Crippen LogP contribution in [0.25, 0.3) is 10.1 Å². The molecule has 1 nitrogen and oxygen atoms in total. The number of halogens is 3. The Hall–Kier alpha value is -0.870. The standard InChI is InChI=1S/C9H6ClF2NS/c10-5-3-6(13)4-1-2-14-8(4)7(5)9(11)12/h1-3,9H,13H2. The maximum atomic E-state index is 12.6. The number of anilines is 1. The van der Waals surface area contributed by atoms with Crippen LogP contribution in [0.4, 0.5) is 14.5 Å². The zero-order valence-corrected chi connectivity index (χ0v) is 8.50. The molecule has 0 bridgehead atoms. The van der Waals surface area contributed by atoms with E-state index >= 15 is 0 Å². The van der Waals surface area contributed by atoms with E-state index in [0.29, 0.717) is 15.8 Å². The van der Waals surface area contributed by atoms with Crippen LogP contribution < -0.4 is 5.73 Å². The van der Waals surface area contributed by atoms with Gasteiger partial charge in [-0.1, -0.05) is 11.6 Å². The quantitative estimate of drug-likeness (QED) is 0.738. The van der Waals surface area contributed by atoms with E-state index in [0.717, 1.165) is 0 Å². The number of nitrogens with two attached hydrogens (primary N) is 1. The number of fused-ring (bicyclic) bond motifs is 1. The molecule has 0 fully saturated rings. The largest absolute Gasteiger partial charge is 0.398 e. The Morgan fingerprint density at radius 3 is 2.79 bits per heavy atom. The maximum Gasteiger partial charge on any atom is 0.266 e. The Balaban J connectivity index is 2.86. The molecule has 2 N–H and O–H groups in total. The summed E-state index contributed by atoms with van der Waals surface area (Å²) in [5.74, 6) is 0. The number of hydrogen-bond acceptors (Lipinski definition) is 2. The molecule has 0 atom stereocenters. The fraction of sp³-hybridized carbons (Fsp3) is 0.111. The summed E-state index contributed by atoms with van der Waals surface area (Å²) in [7, 11) is 0. The second-order valence-corrected chi connectivity index (χ2v) is 4.15. The van der Waals surface area contributed by atoms with Gasteiger partial charge in [-0.25, -0.2) is 8.78 Å². The van der Waals surface area contributed by atoms with Crippen LogP contribution in [0.2, 0.25) is 5.02 Å². The summed E-state index contributed by atoms with van der Waals surface area (Å²) in [4.78, 5) is 0. The molecule has 0 unspecified atom stereocenters. The zero-order chi connectivity index (χ0) is 10.3. The highest BCUT2D eigenvalue weighted by Crippen LogP contribution is 2.39. The van der Waals surface area contributed by atoms with Gasteiger partial charge >= 0.3 is 0 Å². The van der Waals surface area contributed by atoms with Crippen LogP contribution in [0.15, 0.2) is 17.5 Å². The van der Waals surface area contributed by atoms with E-state index in [1.165, 1.54) is 17.4 Å². The highest BCUT2D eigenvalue weighted by atomic mass is 35.5. The van der Waals surface area contributed by atoms with Gasteiger partial charge in [0.1, 0.15) is 0 Å². The number of hydrogen-bond donors (Lipinski definition) is 1. The van der Waals surface area contributed by atoms with Gasteiger partial charge in [-0.05, 0) is 17.5 Å². The van der Waals surface area contributed by atoms with E-state index < -0.39 is 6.43 Å². The van der Waals surface area contributed by atoms with E-state index in [2.05, 4.69) is 0 Å². The van der Waals surface area contributed by atoms with Crippen LogP contribution in [-0.2, 0) is 0 Å². The van der Waals surface area contributed by atoms with Crippen molar-refractivity contribution in [3.63, 3.8) is 0 Å². The fourth-order valence-corrected chi connectivity index (χ4v) is 2.68. The van der Waals surface area contributed by atoms with Crippen molar-refractivity contribution in [3.8, 4) is 0 Å². The average Bonchev–Trinajstić information content (AvgIpc) is 2.51. The molecule has 0 aliphatic heterocycles. The third kappa shape index (κ3) is 1.35. The number of benzene rings is 1. The predicted octanol–water partition coefficient (Wildman–Crippen LogP) is 4.07. The minimum Gasteiger partial charge on any atom is -0.398 e. The van der Waals surface area contributed by atoms with Gasteiger partial charge < -0.3 is 5.73 Å². The number of rotatable bonds is 1. The first-order chi connectivity index (χ1) is 6.61. The molecule has 1 aromatic carbocycles. The first-order valence-corrected chi connectivity index (χ1v) is 5.10. The van der Waals surface area contributed by atoms with Crippen LogP contribution in [0.5, 0.6) is 0 Å². The summed E-state index contributed by atoms with van der Waals surface area (Å²) >= 11 is 6.93. The second kappa shape index (κ2) is 3.37. The molecule has 0 saturated carbocycles. The van der Waals surface area contributed by atoms with Gasteiger partial charge in [-0.15, -0.1) is 11.3 Å². The van der Waals surface area contributed by atoms with E-state index in [4.69, 9.17) is 17.3 Å². The van der Waals surface area contributed by atoms with Crippen molar-refractivity contribution in [3.05, 3.63) is 28.1 Å². The molecule has 1 aromatic heterocycles. The summed E-state index contributed by atoms with van der Waals surface area (Å²) in [6.45, 7) is 0. The lowest BCUT2D eigenvalue weighted by atomic mass is 10.1. The Morgan fingerprint density at radius 2 is 2.14 bits per heavy atom. The molecule has 14 heavy (non-hydrogen) atoms. The van der Waals surface area contributed by atoms with Crippen LogP contribution in [-0.4, -0.2) is 0 Å². The van der Waals surface area contributed by atoms with Gasteiger partial charge in [0.25, 0.3) is 6.43 Å². The van der Waals surface area contributed by atoms with E-state index in [-0.39, 0.29) is 10.6 Å². The summed E-state index contributed by atoms with van der Waals surface area (Å²) < 4.78 is 25.8. The Morgan fingerprint density at radius 1 is 1.43 bits per heavy atom. The summed E-state index contributed by atoms with van der Waals surface area (Å²) in [6.07, 6.45) is -2.57. The topological polar surface area (TPSA) is 26.0 Å². The first kappa shape index (κ1) is 9.68. The minimum absolute atomic E-state index is 0.0347. The van der Waals surface area contributed by atoms with Crippen LogP contribution in [0.3, 0.4) is 0 Å². The number of thiophene rings is 1. The lowest BCUT2D eigenvalue weighted by molar-refractivity contribution is 0.153. The van der Waals surface area contributed by atoms with Gasteiger partial charge in [0.15, 0.2) is 0 Å². The molecular weight excluding hydrogens is 228 g/mol. The van der Waals surface area contributed by atoms with Crippen molar-refractivity contribution in [2.75, 3.05) is 5.73 Å². The van der Waals surface area contributed by atoms with Crippen LogP contribution >= 0.6 is 22.9 Å². The monoisotopic (exact) mass is 233 g/mol. The average molecular weight is 234 g/mol. The fourth-order valence-electron chi connectivity index (χ4n) is 1.35. The molecule has 2 rings (SSSR count). The van der Waals surface area contributed by atoms with Crippen molar-refractivity contribution in [1.82, 2.24) is 0 Å². The Kier molecular flexibility index (Phi) is 2.33. The molecule has 2 aromatic rings. The van der Waals surface area contributed by atoms with Gasteiger partial charge in [0.05, 0.1) is 10.6 Å². The smallest absolute Gasteiger partial charge is 0.266 e. The molecule has 0 aliphatic rings. The first-order valence-electron chi connectivity index (χ1n) is 3.84. The molecule has 1 heterocycles. The van der Waals surface area contributed by atoms with Crippen molar-refractivity contribution in [1.29, 1.82) is 0 Å². The zero-order valence-electron chi connectivity index (χ0n) is 6.93. The highest BCUT2D eigenvalue weighted by molar-refractivity contribution is 7.17. The van der Waals surface area contributed by atoms with Crippen molar-refractivity contribution in [2.45, 2.75) is 6.43 Å². The molecule has 0 saturated heterocycles. The van der Waals surface area contributed by atoms with E-state index in [1.54, 1.807) is 11.4 Å². The van der Waals surface area contributed by atoms with Gasteiger partial charge in [-0.2, -0.15) is 0 Å². The molecule has 0 amide bonds. The Labute approximate surface area is 88.1 Å². The molecule has 0 aliphatic carbocycles. The van der Waals surface area contributed by atoms with Gasteiger partial charge in [0, 0.05) is 15.8 Å². The van der Waals surface area contributed by atoms with Crippen LogP contribution in [0, 0.1) is 0 Å². The molecule has 5 heteroatoms. The molecule has 0 spiro atoms. The third-order valence-corrected chi connectivity index (χ3v) is 3.24. The predicted molar refractivity (Wildman–Crippen MR) is 56.2 cm³/mol. The van der Waals surface area contributed by atoms with Crippen molar-refractivity contribution in [2.24, 2.45) is 0 Å². The lowest BCUT2D eigenvalue weighted by Crippen LogP contribution is -1.91. The normalized spacial score (nSPS) is 11.4. The maximum absolute atomic E-state index is 12.6. The van der Waals surface area contributed by atoms with E-state index in [9.17, 15) is 8.78 Å². The Bertz CT molecular complexity index is 481. The summed E-state index contributed by atoms with van der Waals surface area (Å²) in [6, 6.07) is 3.09. The second-order valence-electron chi connectivity index (χ2n) is 2.83. The number of alkyl halides is 2. The SMILES string of the molecule is Nc1cc(Cl)c(C(F)F)c2sccc12. The van der Waals surface area contributed by atoms with Gasteiger partial charge in [0.2, 0.25) is 0 Å². The van der Waals surface area contributed by atoms with Crippen molar-refractivity contribution >= 4 is 38.7 Å². The summed E-state index contributed by atoms with van der Waals surface area (Å²) in [5, 5.41) is 2.41. The minimum atomic E-state index is -2.57. The van der Waals surface area contributed by atoms with Gasteiger partial charge in [-0.3, -0.25) is 0 Å².